The summed E-state index contributed by atoms with van der Waals surface area (Å²) in [6.45, 7) is 0.231. The molecule has 5 nitrogen and oxygen atoms in total. The predicted molar refractivity (Wildman–Crippen MR) is 45.5 cm³/mol. The van der Waals surface area contributed by atoms with Crippen molar-refractivity contribution >= 4 is 11.8 Å². The largest absolute Gasteiger partial charge is 0.396 e. The van der Waals surface area contributed by atoms with Gasteiger partial charge in [0.25, 0.3) is 0 Å². The summed E-state index contributed by atoms with van der Waals surface area (Å²) in [5.41, 5.74) is 0. The lowest BCUT2D eigenvalue weighted by Crippen LogP contribution is -1.87. The van der Waals surface area contributed by atoms with Crippen molar-refractivity contribution in [2.45, 2.75) is 18.0 Å². The molecule has 0 aliphatic heterocycles. The van der Waals surface area contributed by atoms with Crippen LogP contribution in [0.15, 0.2) is 5.16 Å². The standard InChI is InChI=1S/C6H11N4OS/c11-4-2-1-3-5-12-6-7-9-10-8-6/h1,11H,2-5H2,(H,7,8,9,10). The average molecular weight is 187 g/mol. The van der Waals surface area contributed by atoms with E-state index >= 15 is 0 Å². The van der Waals surface area contributed by atoms with Gasteiger partial charge in [0.1, 0.15) is 0 Å². The Balaban J connectivity index is 1.96. The lowest BCUT2D eigenvalue weighted by Gasteiger charge is -1.95. The molecule has 1 aromatic rings. The van der Waals surface area contributed by atoms with E-state index in [2.05, 4.69) is 27.0 Å². The van der Waals surface area contributed by atoms with Crippen LogP contribution < -0.4 is 0 Å². The highest BCUT2D eigenvalue weighted by molar-refractivity contribution is 7.99. The van der Waals surface area contributed by atoms with Gasteiger partial charge in [-0.15, -0.1) is 5.10 Å². The van der Waals surface area contributed by atoms with Crippen molar-refractivity contribution in [1.82, 2.24) is 20.6 Å². The Hall–Kier alpha value is -0.620. The van der Waals surface area contributed by atoms with Crippen molar-refractivity contribution in [3.63, 3.8) is 0 Å². The number of tetrazole rings is 1. The topological polar surface area (TPSA) is 74.7 Å². The second kappa shape index (κ2) is 5.96. The smallest absolute Gasteiger partial charge is 0.206 e. The van der Waals surface area contributed by atoms with Crippen LogP contribution in [-0.2, 0) is 0 Å². The molecule has 0 fully saturated rings. The van der Waals surface area contributed by atoms with E-state index in [4.69, 9.17) is 5.11 Å². The number of thioether (sulfide) groups is 1. The van der Waals surface area contributed by atoms with E-state index in [1.165, 1.54) is 0 Å². The van der Waals surface area contributed by atoms with E-state index in [1.54, 1.807) is 11.8 Å². The summed E-state index contributed by atoms with van der Waals surface area (Å²) < 4.78 is 0. The summed E-state index contributed by atoms with van der Waals surface area (Å²) in [7, 11) is 0. The van der Waals surface area contributed by atoms with Crippen molar-refractivity contribution in [1.29, 1.82) is 0 Å². The summed E-state index contributed by atoms with van der Waals surface area (Å²) in [5.74, 6) is 0.941. The van der Waals surface area contributed by atoms with Gasteiger partial charge in [-0.25, -0.2) is 5.10 Å². The molecule has 0 unspecified atom stereocenters. The van der Waals surface area contributed by atoms with E-state index in [0.717, 1.165) is 23.8 Å². The molecule has 0 aliphatic carbocycles. The van der Waals surface area contributed by atoms with E-state index in [1.807, 2.05) is 0 Å². The van der Waals surface area contributed by atoms with Crippen molar-refractivity contribution < 1.29 is 5.11 Å². The first-order valence-corrected chi connectivity index (χ1v) is 4.71. The summed E-state index contributed by atoms with van der Waals surface area (Å²) in [6.07, 6.45) is 3.78. The molecule has 1 heterocycles. The molecular formula is C6H11N4OS. The molecule has 1 rings (SSSR count). The average Bonchev–Trinajstić information content (AvgIpc) is 2.57. The number of nitrogens with zero attached hydrogens (tertiary/aromatic N) is 3. The number of hydrogen-bond donors (Lipinski definition) is 2. The zero-order chi connectivity index (χ0) is 8.65. The molecule has 2 N–H and O–H groups in total. The Kier molecular flexibility index (Phi) is 4.70. The fourth-order valence-electron chi connectivity index (χ4n) is 0.686. The third kappa shape index (κ3) is 3.68. The molecule has 67 valence electrons. The molecule has 0 saturated heterocycles. The number of H-pyrrole nitrogens is 1. The summed E-state index contributed by atoms with van der Waals surface area (Å²) in [4.78, 5) is 0. The Bertz CT molecular complexity index is 191. The zero-order valence-corrected chi connectivity index (χ0v) is 7.42. The first-order valence-electron chi connectivity index (χ1n) is 3.72. The summed E-state index contributed by atoms with van der Waals surface area (Å²) in [6, 6.07) is 0. The minimum Gasteiger partial charge on any atom is -0.396 e. The second-order valence-corrected chi connectivity index (χ2v) is 3.23. The Morgan fingerprint density at radius 1 is 1.50 bits per heavy atom. The summed E-state index contributed by atoms with van der Waals surface area (Å²) in [5, 5.41) is 22.5. The first-order chi connectivity index (χ1) is 5.93. The lowest BCUT2D eigenvalue weighted by molar-refractivity contribution is 0.297. The fraction of sp³-hybridized carbons (Fsp3) is 0.667. The van der Waals surface area contributed by atoms with Gasteiger partial charge in [0.05, 0.1) is 0 Å². The fourth-order valence-corrected chi connectivity index (χ4v) is 1.36. The SMILES string of the molecule is OCC[CH]CCSc1nnn[nH]1. The van der Waals surface area contributed by atoms with Crippen molar-refractivity contribution in [3.05, 3.63) is 6.42 Å². The highest BCUT2D eigenvalue weighted by atomic mass is 32.2. The van der Waals surface area contributed by atoms with Crippen LogP contribution in [0.1, 0.15) is 12.8 Å². The number of aromatic amines is 1. The lowest BCUT2D eigenvalue weighted by atomic mass is 10.3. The van der Waals surface area contributed by atoms with Crippen LogP contribution in [0.4, 0.5) is 0 Å². The van der Waals surface area contributed by atoms with E-state index in [-0.39, 0.29) is 6.61 Å². The maximum absolute atomic E-state index is 8.47. The molecule has 0 saturated carbocycles. The van der Waals surface area contributed by atoms with Gasteiger partial charge in [0.15, 0.2) is 0 Å². The van der Waals surface area contributed by atoms with Crippen LogP contribution in [-0.4, -0.2) is 38.1 Å². The van der Waals surface area contributed by atoms with Gasteiger partial charge in [0, 0.05) is 12.4 Å². The van der Waals surface area contributed by atoms with Gasteiger partial charge >= 0.3 is 0 Å². The first kappa shape index (κ1) is 9.47. The van der Waals surface area contributed by atoms with Gasteiger partial charge in [0.2, 0.25) is 5.16 Å². The van der Waals surface area contributed by atoms with Gasteiger partial charge in [-0.2, -0.15) is 0 Å². The van der Waals surface area contributed by atoms with E-state index in [0.29, 0.717) is 0 Å². The number of aromatic nitrogens is 4. The number of aliphatic hydroxyl groups excluding tert-OH is 1. The van der Waals surface area contributed by atoms with Gasteiger partial charge in [-0.1, -0.05) is 11.8 Å². The minimum atomic E-state index is 0.231. The number of aliphatic hydroxyl groups is 1. The molecule has 12 heavy (non-hydrogen) atoms. The molecule has 0 atom stereocenters. The predicted octanol–water partition coefficient (Wildman–Crippen LogP) is 0.269. The van der Waals surface area contributed by atoms with Crippen molar-refractivity contribution in [2.75, 3.05) is 12.4 Å². The number of nitrogens with one attached hydrogen (secondary N) is 1. The summed E-state index contributed by atoms with van der Waals surface area (Å²) >= 11 is 1.57. The quantitative estimate of drug-likeness (QED) is 0.494. The number of hydrogen-bond acceptors (Lipinski definition) is 5. The third-order valence-corrected chi connectivity index (χ3v) is 2.11. The van der Waals surface area contributed by atoms with E-state index < -0.39 is 0 Å². The van der Waals surface area contributed by atoms with Crippen LogP contribution in [0.25, 0.3) is 0 Å². The molecule has 1 radical (unpaired) electrons. The van der Waals surface area contributed by atoms with Crippen molar-refractivity contribution in [2.24, 2.45) is 0 Å². The molecule has 0 spiro atoms. The van der Waals surface area contributed by atoms with Crippen molar-refractivity contribution in [3.8, 4) is 0 Å². The monoisotopic (exact) mass is 187 g/mol. The molecule has 0 amide bonds. The van der Waals surface area contributed by atoms with Gasteiger partial charge in [-0.3, -0.25) is 0 Å². The molecule has 0 aliphatic rings. The maximum Gasteiger partial charge on any atom is 0.206 e. The zero-order valence-electron chi connectivity index (χ0n) is 6.60. The molecular weight excluding hydrogens is 176 g/mol. The van der Waals surface area contributed by atoms with Crippen LogP contribution in [0.3, 0.4) is 0 Å². The number of rotatable bonds is 6. The van der Waals surface area contributed by atoms with Crippen LogP contribution in [0.5, 0.6) is 0 Å². The Morgan fingerprint density at radius 2 is 2.42 bits per heavy atom. The highest BCUT2D eigenvalue weighted by Crippen LogP contribution is 2.12. The highest BCUT2D eigenvalue weighted by Gasteiger charge is 1.96. The minimum absolute atomic E-state index is 0.231. The second-order valence-electron chi connectivity index (χ2n) is 2.14. The molecule has 0 aromatic carbocycles. The van der Waals surface area contributed by atoms with Gasteiger partial charge < -0.3 is 5.11 Å². The van der Waals surface area contributed by atoms with Gasteiger partial charge in [-0.05, 0) is 29.7 Å². The normalized spacial score (nSPS) is 10.4. The van der Waals surface area contributed by atoms with E-state index in [9.17, 15) is 0 Å². The molecule has 0 bridgehead atoms. The molecule has 1 aromatic heterocycles. The van der Waals surface area contributed by atoms with Crippen LogP contribution in [0, 0.1) is 6.42 Å². The van der Waals surface area contributed by atoms with Crippen LogP contribution >= 0.6 is 11.8 Å². The number of unbranched alkanes of at least 4 members (excludes halogenated alkanes) is 2. The third-order valence-electron chi connectivity index (χ3n) is 1.22. The maximum atomic E-state index is 8.47. The molecule has 6 heteroatoms. The van der Waals surface area contributed by atoms with Crippen LogP contribution in [0.2, 0.25) is 0 Å². The Labute approximate surface area is 74.9 Å². The Morgan fingerprint density at radius 3 is 3.08 bits per heavy atom.